The van der Waals surface area contributed by atoms with E-state index in [4.69, 9.17) is 19.6 Å². The van der Waals surface area contributed by atoms with Crippen LogP contribution in [0.5, 0.6) is 0 Å². The summed E-state index contributed by atoms with van der Waals surface area (Å²) >= 11 is 0. The van der Waals surface area contributed by atoms with Gasteiger partial charge in [0, 0.05) is 24.9 Å². The Balaban J connectivity index is 1.68. The van der Waals surface area contributed by atoms with Crippen LogP contribution in [-0.4, -0.2) is 47.6 Å². The molecule has 9 heteroatoms. The molecule has 0 atom stereocenters. The van der Waals surface area contributed by atoms with E-state index < -0.39 is 5.79 Å². The Morgan fingerprint density at radius 2 is 1.52 bits per heavy atom. The molecule has 0 bridgehead atoms. The fourth-order valence-corrected chi connectivity index (χ4v) is 5.02. The summed E-state index contributed by atoms with van der Waals surface area (Å²) in [6.45, 7) is 15.4. The molecule has 9 nitrogen and oxygen atoms in total. The first kappa shape index (κ1) is 29.6. The lowest BCUT2D eigenvalue weighted by atomic mass is 9.97. The van der Waals surface area contributed by atoms with Crippen molar-refractivity contribution in [3.63, 3.8) is 0 Å². The third-order valence-electron chi connectivity index (χ3n) is 7.15. The molecule has 0 radical (unpaired) electrons. The second-order valence-electron chi connectivity index (χ2n) is 10.8. The first-order valence-corrected chi connectivity index (χ1v) is 14.5. The molecule has 0 aliphatic heterocycles. The Hall–Kier alpha value is -3.43. The van der Waals surface area contributed by atoms with Gasteiger partial charge in [-0.05, 0) is 60.7 Å². The van der Waals surface area contributed by atoms with Crippen LogP contribution in [0.25, 0.3) is 22.5 Å². The maximum atomic E-state index is 6.39. The zero-order valence-electron chi connectivity index (χ0n) is 24.9. The number of H-pyrrole nitrogens is 1. The monoisotopic (exact) mass is 545 g/mol. The summed E-state index contributed by atoms with van der Waals surface area (Å²) in [5.41, 5.74) is 4.27. The van der Waals surface area contributed by atoms with Crippen molar-refractivity contribution >= 4 is 0 Å². The number of hydrogen-bond donors (Lipinski definition) is 1. The Labute approximate surface area is 237 Å². The lowest BCUT2D eigenvalue weighted by molar-refractivity contribution is -0.284. The van der Waals surface area contributed by atoms with E-state index >= 15 is 0 Å². The molecule has 0 amide bonds. The quantitative estimate of drug-likeness (QED) is 0.179. The van der Waals surface area contributed by atoms with Gasteiger partial charge < -0.3 is 9.47 Å². The number of nitrogens with zero attached hydrogens (tertiary/aromatic N) is 6. The standard InChI is InChI=1S/C31H43N7O2/c1-8-23(9-2)20-38-28(32-30(35-38)31(10-3,39-21(4)5)40-22(6)7)19-24-15-17-25(18-16-24)26-13-11-12-14-27(26)29-33-36-37-34-29/h11-18,21-23H,8-10,19-20H2,1-7H3,(H,33,34,36,37). The molecular weight excluding hydrogens is 502 g/mol. The van der Waals surface area contributed by atoms with Crippen molar-refractivity contribution in [2.75, 3.05) is 0 Å². The molecule has 2 heterocycles. The van der Waals surface area contributed by atoms with E-state index in [1.54, 1.807) is 0 Å². The number of rotatable bonds is 14. The van der Waals surface area contributed by atoms with E-state index in [-0.39, 0.29) is 12.2 Å². The van der Waals surface area contributed by atoms with Crippen molar-refractivity contribution in [2.24, 2.45) is 5.92 Å². The lowest BCUT2D eigenvalue weighted by Gasteiger charge is -2.33. The predicted molar refractivity (Wildman–Crippen MR) is 156 cm³/mol. The molecule has 1 N–H and O–H groups in total. The summed E-state index contributed by atoms with van der Waals surface area (Å²) in [6.07, 6.45) is 3.39. The second-order valence-corrected chi connectivity index (χ2v) is 10.8. The normalized spacial score (nSPS) is 12.2. The number of aromatic amines is 1. The van der Waals surface area contributed by atoms with Crippen molar-refractivity contribution < 1.29 is 9.47 Å². The average Bonchev–Trinajstić information content (AvgIpc) is 3.62. The molecule has 0 spiro atoms. The van der Waals surface area contributed by atoms with Gasteiger partial charge in [0.1, 0.15) is 5.82 Å². The van der Waals surface area contributed by atoms with Gasteiger partial charge >= 0.3 is 0 Å². The third-order valence-corrected chi connectivity index (χ3v) is 7.15. The number of aromatic nitrogens is 7. The van der Waals surface area contributed by atoms with Crippen LogP contribution in [-0.2, 0) is 28.2 Å². The number of ether oxygens (including phenoxy) is 2. The van der Waals surface area contributed by atoms with Gasteiger partial charge in [-0.2, -0.15) is 5.10 Å². The molecule has 0 fully saturated rings. The molecule has 0 aliphatic rings. The summed E-state index contributed by atoms with van der Waals surface area (Å²) in [4.78, 5) is 5.08. The van der Waals surface area contributed by atoms with Gasteiger partial charge in [0.2, 0.25) is 11.6 Å². The highest BCUT2D eigenvalue weighted by Crippen LogP contribution is 2.33. The van der Waals surface area contributed by atoms with E-state index in [0.29, 0.717) is 30.4 Å². The van der Waals surface area contributed by atoms with Crippen molar-refractivity contribution in [3.8, 4) is 22.5 Å². The molecule has 2 aromatic carbocycles. The van der Waals surface area contributed by atoms with Gasteiger partial charge in [-0.1, -0.05) is 82.1 Å². The largest absolute Gasteiger partial charge is 0.341 e. The van der Waals surface area contributed by atoms with Crippen LogP contribution in [0.15, 0.2) is 48.5 Å². The number of benzene rings is 2. The average molecular weight is 546 g/mol. The van der Waals surface area contributed by atoms with Gasteiger partial charge in [-0.25, -0.2) is 14.8 Å². The molecule has 4 rings (SSSR count). The molecule has 0 aliphatic carbocycles. The number of nitrogens with one attached hydrogen (secondary N) is 1. The summed E-state index contributed by atoms with van der Waals surface area (Å²) < 4.78 is 14.9. The van der Waals surface area contributed by atoms with E-state index in [1.165, 1.54) is 0 Å². The van der Waals surface area contributed by atoms with Crippen LogP contribution in [0.4, 0.5) is 0 Å². The molecule has 2 aromatic heterocycles. The van der Waals surface area contributed by atoms with Gasteiger partial charge in [0.25, 0.3) is 0 Å². The van der Waals surface area contributed by atoms with E-state index in [9.17, 15) is 0 Å². The minimum Gasteiger partial charge on any atom is -0.341 e. The van der Waals surface area contributed by atoms with Crippen molar-refractivity contribution in [1.29, 1.82) is 0 Å². The number of hydrogen-bond acceptors (Lipinski definition) is 7. The Kier molecular flexibility index (Phi) is 9.81. The minimum absolute atomic E-state index is 0.0312. The van der Waals surface area contributed by atoms with Crippen LogP contribution in [0.1, 0.15) is 84.9 Å². The molecule has 214 valence electrons. The molecule has 0 unspecified atom stereocenters. The summed E-state index contributed by atoms with van der Waals surface area (Å²) in [6, 6.07) is 16.7. The van der Waals surface area contributed by atoms with Crippen LogP contribution in [0.2, 0.25) is 0 Å². The van der Waals surface area contributed by atoms with Crippen LogP contribution >= 0.6 is 0 Å². The van der Waals surface area contributed by atoms with Gasteiger partial charge in [0.15, 0.2) is 5.82 Å². The van der Waals surface area contributed by atoms with Gasteiger partial charge in [-0.3, -0.25) is 0 Å². The van der Waals surface area contributed by atoms with Crippen LogP contribution < -0.4 is 0 Å². The SMILES string of the molecule is CCC(CC)Cn1nc(C(CC)(OC(C)C)OC(C)C)nc1Cc1ccc(-c2ccccc2-c2nnn[nH]2)cc1. The highest BCUT2D eigenvalue weighted by atomic mass is 16.7. The maximum absolute atomic E-state index is 6.39. The minimum atomic E-state index is -0.987. The fourth-order valence-electron chi connectivity index (χ4n) is 5.02. The molecule has 0 saturated carbocycles. The van der Waals surface area contributed by atoms with E-state index in [1.807, 2.05) is 45.9 Å². The highest BCUT2D eigenvalue weighted by Gasteiger charge is 2.40. The Morgan fingerprint density at radius 3 is 2.08 bits per heavy atom. The third kappa shape index (κ3) is 6.82. The first-order chi connectivity index (χ1) is 19.3. The fraction of sp³-hybridized carbons (Fsp3) is 0.516. The van der Waals surface area contributed by atoms with Crippen molar-refractivity contribution in [2.45, 2.75) is 98.7 Å². The van der Waals surface area contributed by atoms with Crippen LogP contribution in [0, 0.1) is 5.92 Å². The number of tetrazole rings is 1. The van der Waals surface area contributed by atoms with Gasteiger partial charge in [-0.15, -0.1) is 5.10 Å². The van der Waals surface area contributed by atoms with E-state index in [2.05, 4.69) is 76.4 Å². The smallest absolute Gasteiger partial charge is 0.232 e. The van der Waals surface area contributed by atoms with Crippen LogP contribution in [0.3, 0.4) is 0 Å². The molecule has 40 heavy (non-hydrogen) atoms. The zero-order valence-corrected chi connectivity index (χ0v) is 24.9. The predicted octanol–water partition coefficient (Wildman–Crippen LogP) is 6.57. The summed E-state index contributed by atoms with van der Waals surface area (Å²) in [7, 11) is 0. The van der Waals surface area contributed by atoms with Crippen molar-refractivity contribution in [1.82, 2.24) is 35.4 Å². The topological polar surface area (TPSA) is 104 Å². The maximum Gasteiger partial charge on any atom is 0.232 e. The Morgan fingerprint density at radius 1 is 0.875 bits per heavy atom. The van der Waals surface area contributed by atoms with Gasteiger partial charge in [0.05, 0.1) is 12.2 Å². The Bertz CT molecular complexity index is 1320. The van der Waals surface area contributed by atoms with Crippen molar-refractivity contribution in [3.05, 3.63) is 65.7 Å². The molecule has 0 saturated heterocycles. The first-order valence-electron chi connectivity index (χ1n) is 14.5. The summed E-state index contributed by atoms with van der Waals surface area (Å²) in [5, 5.41) is 19.5. The zero-order chi connectivity index (χ0) is 28.7. The highest BCUT2D eigenvalue weighted by molar-refractivity contribution is 5.80. The lowest BCUT2D eigenvalue weighted by Crippen LogP contribution is -2.38. The molecule has 4 aromatic rings. The molecular formula is C31H43N7O2. The summed E-state index contributed by atoms with van der Waals surface area (Å²) in [5.74, 6) is 1.70. The second kappa shape index (κ2) is 13.3. The van der Waals surface area contributed by atoms with E-state index in [0.717, 1.165) is 47.5 Å².